The van der Waals surface area contributed by atoms with E-state index in [1.54, 1.807) is 68.6 Å². The third-order valence-electron chi connectivity index (χ3n) is 11.0. The van der Waals surface area contributed by atoms with Gasteiger partial charge in [0.2, 0.25) is 29.5 Å². The Bertz CT molecular complexity index is 2690. The molecule has 5 heterocycles. The first-order valence-corrected chi connectivity index (χ1v) is 22.7. The van der Waals surface area contributed by atoms with Gasteiger partial charge in [0.05, 0.1) is 35.2 Å². The van der Waals surface area contributed by atoms with Gasteiger partial charge in [-0.3, -0.25) is 38.4 Å². The zero-order chi connectivity index (χ0) is 50.3. The number of amides is 8. The van der Waals surface area contributed by atoms with Crippen LogP contribution in [0.2, 0.25) is 0 Å². The molecule has 12 N–H and O–H groups in total. The van der Waals surface area contributed by atoms with Gasteiger partial charge >= 0.3 is 0 Å². The molecule has 25 heteroatoms. The molecule has 70 heavy (non-hydrogen) atoms. The molecular weight excluding hydrogens is 907 g/mol. The molecule has 5 aromatic heterocycles. The van der Waals surface area contributed by atoms with Gasteiger partial charge in [0.25, 0.3) is 23.6 Å². The lowest BCUT2D eigenvalue weighted by Crippen LogP contribution is -2.49. The van der Waals surface area contributed by atoms with Crippen molar-refractivity contribution in [1.29, 1.82) is 0 Å². The van der Waals surface area contributed by atoms with Gasteiger partial charge in [0.15, 0.2) is 5.82 Å². The van der Waals surface area contributed by atoms with Crippen LogP contribution in [-0.4, -0.2) is 126 Å². The third kappa shape index (κ3) is 14.2. The van der Waals surface area contributed by atoms with Crippen LogP contribution in [0.1, 0.15) is 79.7 Å². The van der Waals surface area contributed by atoms with Crippen molar-refractivity contribution >= 4 is 64.5 Å². The lowest BCUT2D eigenvalue weighted by Gasteiger charge is -2.18. The Morgan fingerprint density at radius 1 is 0.743 bits per heavy atom. The Hall–Kier alpha value is -8.19. The van der Waals surface area contributed by atoms with E-state index in [0.717, 1.165) is 0 Å². The van der Waals surface area contributed by atoms with Crippen LogP contribution in [0.15, 0.2) is 61.4 Å². The van der Waals surface area contributed by atoms with Gasteiger partial charge in [0, 0.05) is 110 Å². The SMILES string of the molecule is CCCC(=O)Nc1cc(C(=O)Nc2cn(C)c(C(=O)Nc3cc(C(=O)NCCNC(=O)[C@@H]4C[C@H]4C(=O)NCCNC(=O)[C@H](Cc4cnc[nH]4)NC(=O)c4cccc(CNCCN)n4)n(C)c3)n2)n(C)c1. The van der Waals surface area contributed by atoms with Crippen molar-refractivity contribution in [2.45, 2.75) is 45.2 Å². The first kappa shape index (κ1) is 51.2. The summed E-state index contributed by atoms with van der Waals surface area (Å²) in [4.78, 5) is 119. The monoisotopic (exact) mass is 965 g/mol. The molecule has 372 valence electrons. The number of carbonyl (C=O) groups excluding carboxylic acids is 8. The summed E-state index contributed by atoms with van der Waals surface area (Å²) in [5.41, 5.74) is 8.20. The Kier molecular flexibility index (Phi) is 17.7. The summed E-state index contributed by atoms with van der Waals surface area (Å²) < 4.78 is 4.52. The van der Waals surface area contributed by atoms with Gasteiger partial charge in [-0.25, -0.2) is 15.0 Å². The van der Waals surface area contributed by atoms with Crippen LogP contribution in [0, 0.1) is 11.8 Å². The van der Waals surface area contributed by atoms with E-state index >= 15 is 0 Å². The van der Waals surface area contributed by atoms with E-state index in [0.29, 0.717) is 61.7 Å². The summed E-state index contributed by atoms with van der Waals surface area (Å²) in [5.74, 6) is -4.41. The molecule has 6 rings (SSSR count). The molecule has 3 atom stereocenters. The summed E-state index contributed by atoms with van der Waals surface area (Å²) in [7, 11) is 4.88. The van der Waals surface area contributed by atoms with Crippen LogP contribution in [0.3, 0.4) is 0 Å². The molecule has 0 radical (unpaired) electrons. The number of pyridine rings is 1. The summed E-state index contributed by atoms with van der Waals surface area (Å²) in [5, 5.41) is 24.9. The van der Waals surface area contributed by atoms with E-state index in [1.807, 2.05) is 6.92 Å². The number of anilines is 3. The molecule has 0 unspecified atom stereocenters. The van der Waals surface area contributed by atoms with Crippen molar-refractivity contribution < 1.29 is 38.4 Å². The van der Waals surface area contributed by atoms with Crippen molar-refractivity contribution in [3.05, 3.63) is 95.7 Å². The fourth-order valence-electron chi connectivity index (χ4n) is 7.34. The van der Waals surface area contributed by atoms with Crippen LogP contribution >= 0.6 is 0 Å². The number of aryl methyl sites for hydroxylation is 3. The molecular formula is C45H59N17O8. The number of hydrogen-bond acceptors (Lipinski definition) is 13. The summed E-state index contributed by atoms with van der Waals surface area (Å²) >= 11 is 0. The molecule has 1 aliphatic rings. The second-order valence-electron chi connectivity index (χ2n) is 16.6. The first-order valence-electron chi connectivity index (χ1n) is 22.7. The van der Waals surface area contributed by atoms with E-state index in [4.69, 9.17) is 5.73 Å². The van der Waals surface area contributed by atoms with Gasteiger partial charge < -0.3 is 72.3 Å². The quantitative estimate of drug-likeness (QED) is 0.0322. The summed E-state index contributed by atoms with van der Waals surface area (Å²) in [6.45, 7) is 3.67. The van der Waals surface area contributed by atoms with Crippen molar-refractivity contribution in [1.82, 2.24) is 65.5 Å². The fourth-order valence-corrected chi connectivity index (χ4v) is 7.34. The number of rotatable bonds is 25. The second-order valence-corrected chi connectivity index (χ2v) is 16.6. The molecule has 25 nitrogen and oxygen atoms in total. The molecule has 1 fully saturated rings. The average molecular weight is 966 g/mol. The predicted molar refractivity (Wildman–Crippen MR) is 255 cm³/mol. The molecule has 0 bridgehead atoms. The van der Waals surface area contributed by atoms with Crippen LogP contribution in [0.5, 0.6) is 0 Å². The van der Waals surface area contributed by atoms with Gasteiger partial charge in [-0.2, -0.15) is 0 Å². The van der Waals surface area contributed by atoms with Gasteiger partial charge in [-0.1, -0.05) is 13.0 Å². The molecule has 0 saturated heterocycles. The molecule has 8 amide bonds. The number of nitrogens with one attached hydrogen (secondary N) is 10. The van der Waals surface area contributed by atoms with Gasteiger partial charge in [-0.05, 0) is 37.1 Å². The van der Waals surface area contributed by atoms with Crippen molar-refractivity contribution in [3.8, 4) is 0 Å². The summed E-state index contributed by atoms with van der Waals surface area (Å²) in [6, 6.07) is 7.06. The van der Waals surface area contributed by atoms with E-state index in [1.165, 1.54) is 27.7 Å². The Morgan fingerprint density at radius 3 is 2.06 bits per heavy atom. The first-order chi connectivity index (χ1) is 33.6. The van der Waals surface area contributed by atoms with Gasteiger partial charge in [0.1, 0.15) is 23.1 Å². The maximum atomic E-state index is 13.2. The van der Waals surface area contributed by atoms with Crippen LogP contribution < -0.4 is 53.6 Å². The highest BCUT2D eigenvalue weighted by Gasteiger charge is 2.47. The van der Waals surface area contributed by atoms with E-state index in [2.05, 4.69) is 67.8 Å². The number of aromatic nitrogens is 7. The summed E-state index contributed by atoms with van der Waals surface area (Å²) in [6.07, 6.45) is 9.16. The average Bonchev–Trinajstić information content (AvgIpc) is 3.59. The second kappa shape index (κ2) is 24.2. The molecule has 0 aromatic carbocycles. The minimum Gasteiger partial charge on any atom is -0.354 e. The molecule has 1 aliphatic carbocycles. The minimum atomic E-state index is -0.981. The van der Waals surface area contributed by atoms with E-state index < -0.39 is 47.4 Å². The standard InChI is InChI=1S/C45H59N17O8/c1-5-7-37(63)55-28-17-35(61(3)22-28)44(69)59-36-24-62(4)38(58-36)45(70)56-29-18-34(60(2)23-29)43(68)52-15-13-50-40(65)31-19-30(31)39(64)49-12-14-51-41(66)33(16-27-21-48-25-53-27)57-42(67)32-9-6-8-26(54-32)20-47-11-10-46/h6,8-9,17-18,21-25,30-31,33,47H,5,7,10-16,19-20,46H2,1-4H3,(H,48,53)(H,49,64)(H,50,65)(H,51,66)(H,52,68)(H,55,63)(H,56,70)(H,57,67)(H,59,69)/t30-,31-,33+/m1/s1. The number of nitrogens with two attached hydrogens (primary N) is 1. The maximum Gasteiger partial charge on any atom is 0.291 e. The van der Waals surface area contributed by atoms with Crippen LogP contribution in [-0.2, 0) is 53.3 Å². The van der Waals surface area contributed by atoms with E-state index in [-0.39, 0.29) is 79.0 Å². The zero-order valence-electron chi connectivity index (χ0n) is 39.3. The maximum absolute atomic E-state index is 13.2. The largest absolute Gasteiger partial charge is 0.354 e. The molecule has 0 spiro atoms. The normalized spacial score (nSPS) is 14.2. The smallest absolute Gasteiger partial charge is 0.291 e. The van der Waals surface area contributed by atoms with Crippen LogP contribution in [0.4, 0.5) is 17.2 Å². The van der Waals surface area contributed by atoms with Crippen LogP contribution in [0.25, 0.3) is 0 Å². The molecule has 1 saturated carbocycles. The Labute approximate surface area is 402 Å². The van der Waals surface area contributed by atoms with Crippen molar-refractivity contribution in [2.24, 2.45) is 38.7 Å². The predicted octanol–water partition coefficient (Wildman–Crippen LogP) is -0.737. The van der Waals surface area contributed by atoms with Crippen molar-refractivity contribution in [3.63, 3.8) is 0 Å². The minimum absolute atomic E-state index is 0.0151. The number of H-pyrrole nitrogens is 1. The molecule has 5 aromatic rings. The van der Waals surface area contributed by atoms with E-state index in [9.17, 15) is 38.4 Å². The third-order valence-corrected chi connectivity index (χ3v) is 11.0. The highest BCUT2D eigenvalue weighted by Crippen LogP contribution is 2.38. The lowest BCUT2D eigenvalue weighted by molar-refractivity contribution is -0.127. The number of aromatic amines is 1. The topological polar surface area (TPSA) is 340 Å². The molecule has 0 aliphatic heterocycles. The Balaban J connectivity index is 0.884. The fraction of sp³-hybridized carbons (Fsp3) is 0.400. The highest BCUT2D eigenvalue weighted by molar-refractivity contribution is 6.06. The number of nitrogens with zero attached hydrogens (tertiary/aromatic N) is 6. The highest BCUT2D eigenvalue weighted by atomic mass is 16.2. The number of imidazole rings is 2. The number of carbonyl (C=O) groups is 8. The lowest BCUT2D eigenvalue weighted by atomic mass is 10.1. The Morgan fingerprint density at radius 2 is 1.40 bits per heavy atom. The van der Waals surface area contributed by atoms with Crippen molar-refractivity contribution in [2.75, 3.05) is 55.2 Å². The zero-order valence-corrected chi connectivity index (χ0v) is 39.3. The van der Waals surface area contributed by atoms with Gasteiger partial charge in [-0.15, -0.1) is 0 Å². The number of hydrogen-bond donors (Lipinski definition) is 11.